The van der Waals surface area contributed by atoms with Crippen LogP contribution in [0.25, 0.3) is 11.1 Å². The number of hydrogen-bond donors (Lipinski definition) is 1. The van der Waals surface area contributed by atoms with Crippen molar-refractivity contribution in [2.24, 2.45) is 0 Å². The summed E-state index contributed by atoms with van der Waals surface area (Å²) in [6, 6.07) is 19.9. The number of ether oxygens (including phenoxy) is 5. The number of aromatic nitrogens is 1. The number of morpholine rings is 2. The van der Waals surface area contributed by atoms with Gasteiger partial charge in [-0.05, 0) is 85.7 Å². The van der Waals surface area contributed by atoms with E-state index in [0.717, 1.165) is 96.9 Å². The van der Waals surface area contributed by atoms with Crippen LogP contribution in [0.3, 0.4) is 0 Å². The lowest BCUT2D eigenvalue weighted by Gasteiger charge is -2.45. The number of likely N-dealkylation sites (tertiary alicyclic amines) is 1. The molecule has 3 aliphatic rings. The van der Waals surface area contributed by atoms with Crippen LogP contribution in [0, 0.1) is 25.2 Å². The summed E-state index contributed by atoms with van der Waals surface area (Å²) in [5, 5.41) is 19.7. The first-order chi connectivity index (χ1) is 27.3. The Balaban J connectivity index is 1.05. The Kier molecular flexibility index (Phi) is 13.1. The van der Waals surface area contributed by atoms with Crippen LogP contribution in [-0.4, -0.2) is 90.1 Å². The molecule has 11 nitrogen and oxygen atoms in total. The number of carboxylic acids is 1. The van der Waals surface area contributed by atoms with Gasteiger partial charge in [0, 0.05) is 42.7 Å². The Bertz CT molecular complexity index is 2030. The maximum absolute atomic E-state index is 12.1. The van der Waals surface area contributed by atoms with Gasteiger partial charge in [-0.2, -0.15) is 5.26 Å². The minimum absolute atomic E-state index is 0.159. The van der Waals surface area contributed by atoms with Gasteiger partial charge in [0.05, 0.1) is 55.7 Å². The third-order valence-electron chi connectivity index (χ3n) is 11.1. The zero-order valence-electron chi connectivity index (χ0n) is 32.0. The molecule has 294 valence electrons. The van der Waals surface area contributed by atoms with Gasteiger partial charge in [0.15, 0.2) is 0 Å². The molecule has 2 bridgehead atoms. The highest BCUT2D eigenvalue weighted by Gasteiger charge is 2.35. The van der Waals surface area contributed by atoms with Crippen molar-refractivity contribution in [3.05, 3.63) is 105 Å². The van der Waals surface area contributed by atoms with Crippen molar-refractivity contribution in [1.82, 2.24) is 14.8 Å². The van der Waals surface area contributed by atoms with Crippen LogP contribution >= 0.6 is 11.6 Å². The van der Waals surface area contributed by atoms with Crippen molar-refractivity contribution in [3.63, 3.8) is 0 Å². The topological polar surface area (TPSA) is 127 Å². The zero-order valence-corrected chi connectivity index (χ0v) is 32.8. The number of piperidine rings is 1. The number of carbonyl (C=O) groups is 1. The SMILES string of the molecule is Cc1c(COc2cc(OCc3cncc(C#N)c3)c(CN3CCCC[C@H]3C(=O)O)cc2Cl)cccc1-c1cccc(OCCCN2[C@H]3COC[C@H]2COC3)c1C. The highest BCUT2D eigenvalue weighted by atomic mass is 35.5. The number of nitriles is 1. The number of benzene rings is 3. The van der Waals surface area contributed by atoms with E-state index in [4.69, 9.17) is 35.3 Å². The normalized spacial score (nSPS) is 19.9. The van der Waals surface area contributed by atoms with Crippen LogP contribution < -0.4 is 14.2 Å². The number of hydrogen-bond acceptors (Lipinski definition) is 10. The molecule has 4 aromatic rings. The molecule has 1 aromatic heterocycles. The Morgan fingerprint density at radius 2 is 1.62 bits per heavy atom. The third-order valence-corrected chi connectivity index (χ3v) is 11.4. The molecule has 0 unspecified atom stereocenters. The van der Waals surface area contributed by atoms with Crippen molar-refractivity contribution < 1.29 is 33.6 Å². The number of fused-ring (bicyclic) bond motifs is 2. The number of carboxylic acid groups (broad SMARTS) is 1. The summed E-state index contributed by atoms with van der Waals surface area (Å²) in [7, 11) is 0. The van der Waals surface area contributed by atoms with Crippen molar-refractivity contribution in [1.29, 1.82) is 5.26 Å². The third kappa shape index (κ3) is 9.28. The molecule has 0 amide bonds. The van der Waals surface area contributed by atoms with E-state index in [9.17, 15) is 15.2 Å². The fourth-order valence-corrected chi connectivity index (χ4v) is 8.25. The lowest BCUT2D eigenvalue weighted by atomic mass is 9.93. The Morgan fingerprint density at radius 1 is 0.893 bits per heavy atom. The van der Waals surface area contributed by atoms with E-state index < -0.39 is 12.0 Å². The van der Waals surface area contributed by atoms with E-state index in [1.165, 1.54) is 6.20 Å². The number of halogens is 1. The lowest BCUT2D eigenvalue weighted by Crippen LogP contribution is -2.59. The summed E-state index contributed by atoms with van der Waals surface area (Å²) < 4.78 is 30.6. The van der Waals surface area contributed by atoms with Gasteiger partial charge in [0.25, 0.3) is 0 Å². The average Bonchev–Trinajstić information content (AvgIpc) is 3.20. The van der Waals surface area contributed by atoms with Crippen molar-refractivity contribution in [2.75, 3.05) is 46.1 Å². The fourth-order valence-electron chi connectivity index (χ4n) is 8.01. The average molecular weight is 781 g/mol. The van der Waals surface area contributed by atoms with Gasteiger partial charge in [-0.1, -0.05) is 48.4 Å². The molecule has 1 N–H and O–H groups in total. The second-order valence-electron chi connectivity index (χ2n) is 14.8. The van der Waals surface area contributed by atoms with E-state index >= 15 is 0 Å². The first-order valence-electron chi connectivity index (χ1n) is 19.4. The largest absolute Gasteiger partial charge is 0.493 e. The van der Waals surface area contributed by atoms with E-state index in [1.54, 1.807) is 18.3 Å². The number of nitrogens with zero attached hydrogens (tertiary/aromatic N) is 4. The summed E-state index contributed by atoms with van der Waals surface area (Å²) >= 11 is 6.88. The summed E-state index contributed by atoms with van der Waals surface area (Å²) in [5.41, 5.74) is 7.32. The highest BCUT2D eigenvalue weighted by Crippen LogP contribution is 2.37. The van der Waals surface area contributed by atoms with Gasteiger partial charge in [-0.15, -0.1) is 0 Å². The zero-order chi connectivity index (χ0) is 39.0. The predicted octanol–water partition coefficient (Wildman–Crippen LogP) is 7.36. The van der Waals surface area contributed by atoms with Crippen LogP contribution in [0.15, 0.2) is 67.0 Å². The number of aliphatic carboxylic acids is 1. The van der Waals surface area contributed by atoms with E-state index in [-0.39, 0.29) is 13.2 Å². The van der Waals surface area contributed by atoms with E-state index in [0.29, 0.717) is 60.3 Å². The molecule has 3 saturated heterocycles. The molecule has 7 rings (SSSR count). The number of pyridine rings is 1. The lowest BCUT2D eigenvalue weighted by molar-refractivity contribution is -0.144. The maximum Gasteiger partial charge on any atom is 0.320 e. The van der Waals surface area contributed by atoms with Gasteiger partial charge in [0.2, 0.25) is 0 Å². The molecule has 3 fully saturated rings. The molecule has 0 aliphatic carbocycles. The minimum atomic E-state index is -0.831. The van der Waals surface area contributed by atoms with Crippen LogP contribution in [0.2, 0.25) is 5.02 Å². The second kappa shape index (κ2) is 18.5. The van der Waals surface area contributed by atoms with Crippen molar-refractivity contribution >= 4 is 17.6 Å². The minimum Gasteiger partial charge on any atom is -0.493 e. The van der Waals surface area contributed by atoms with Gasteiger partial charge in [0.1, 0.15) is 42.6 Å². The smallest absolute Gasteiger partial charge is 0.320 e. The van der Waals surface area contributed by atoms with Crippen LogP contribution in [-0.2, 0) is 34.0 Å². The first-order valence-corrected chi connectivity index (χ1v) is 19.8. The van der Waals surface area contributed by atoms with E-state index in [2.05, 4.69) is 48.0 Å². The second-order valence-corrected chi connectivity index (χ2v) is 15.2. The Labute approximate surface area is 333 Å². The molecule has 0 saturated carbocycles. The molecular formula is C44H49ClN4O7. The van der Waals surface area contributed by atoms with Gasteiger partial charge in [-0.25, -0.2) is 0 Å². The van der Waals surface area contributed by atoms with Crippen LogP contribution in [0.5, 0.6) is 17.2 Å². The standard InChI is InChI=1S/C44H49ClN4O7/c1-29-33(8-5-9-37(29)38-10-6-12-41(30(38)2)54-15-7-14-49-35-25-52-27-36(49)28-53-26-35)24-56-43-18-42(55-23-32-16-31(19-46)20-47-21-32)34(17-39(43)45)22-48-13-4-3-11-40(48)44(50)51/h5-6,8-10,12,16-18,20-21,35-36,40H,3-4,7,11,13-15,22-28H2,1-2H3,(H,50,51)/t35-,36-,40-/m0/s1. The molecular weight excluding hydrogens is 732 g/mol. The summed E-state index contributed by atoms with van der Waals surface area (Å²) in [4.78, 5) is 20.7. The molecule has 12 heteroatoms. The Morgan fingerprint density at radius 3 is 2.38 bits per heavy atom. The molecule has 0 radical (unpaired) electrons. The molecule has 3 aromatic carbocycles. The predicted molar refractivity (Wildman–Crippen MR) is 212 cm³/mol. The maximum atomic E-state index is 12.1. The Hall–Kier alpha value is -4.70. The molecule has 4 heterocycles. The van der Waals surface area contributed by atoms with Crippen molar-refractivity contribution in [2.45, 2.75) is 77.4 Å². The number of rotatable bonds is 15. The molecule has 56 heavy (non-hydrogen) atoms. The van der Waals surface area contributed by atoms with E-state index in [1.807, 2.05) is 29.2 Å². The summed E-state index contributed by atoms with van der Waals surface area (Å²) in [5.74, 6) is 1.03. The molecule has 3 aliphatic heterocycles. The quantitative estimate of drug-likeness (QED) is 0.122. The van der Waals surface area contributed by atoms with Crippen LogP contribution in [0.4, 0.5) is 0 Å². The monoisotopic (exact) mass is 780 g/mol. The van der Waals surface area contributed by atoms with Gasteiger partial charge < -0.3 is 28.8 Å². The van der Waals surface area contributed by atoms with Crippen molar-refractivity contribution in [3.8, 4) is 34.4 Å². The fraction of sp³-hybridized carbons (Fsp3) is 0.432. The molecule has 1 atom stereocenters. The van der Waals surface area contributed by atoms with Gasteiger partial charge in [-0.3, -0.25) is 19.6 Å². The highest BCUT2D eigenvalue weighted by molar-refractivity contribution is 6.32. The molecule has 0 spiro atoms. The first kappa shape index (κ1) is 39.5. The summed E-state index contributed by atoms with van der Waals surface area (Å²) in [6.45, 7) is 10.1. The summed E-state index contributed by atoms with van der Waals surface area (Å²) in [6.07, 6.45) is 6.47. The van der Waals surface area contributed by atoms with Crippen LogP contribution in [0.1, 0.15) is 59.1 Å². The van der Waals surface area contributed by atoms with Gasteiger partial charge >= 0.3 is 5.97 Å².